The molecule has 2 rings (SSSR count). The highest BCUT2D eigenvalue weighted by Gasteiger charge is 2.21. The van der Waals surface area contributed by atoms with Crippen molar-refractivity contribution in [2.45, 2.75) is 44.8 Å². The van der Waals surface area contributed by atoms with E-state index in [1.54, 1.807) is 7.11 Å². The minimum Gasteiger partial charge on any atom is -0.495 e. The Labute approximate surface area is 120 Å². The molecule has 1 saturated heterocycles. The molecule has 1 aromatic carbocycles. The van der Waals surface area contributed by atoms with Gasteiger partial charge >= 0.3 is 0 Å². The first-order valence-electron chi connectivity index (χ1n) is 6.94. The number of anilines is 1. The molecule has 106 valence electrons. The van der Waals surface area contributed by atoms with Crippen molar-refractivity contribution in [1.29, 1.82) is 0 Å². The summed E-state index contributed by atoms with van der Waals surface area (Å²) in [6.45, 7) is 3.04. The quantitative estimate of drug-likeness (QED) is 0.882. The smallest absolute Gasteiger partial charge is 0.139 e. The molecule has 4 heteroatoms. The van der Waals surface area contributed by atoms with Gasteiger partial charge in [-0.3, -0.25) is 0 Å². The Morgan fingerprint density at radius 1 is 1.47 bits per heavy atom. The summed E-state index contributed by atoms with van der Waals surface area (Å²) in [6, 6.07) is 6.28. The zero-order chi connectivity index (χ0) is 13.7. The van der Waals surface area contributed by atoms with Crippen molar-refractivity contribution in [2.75, 3.05) is 19.0 Å². The molecule has 0 aromatic heterocycles. The number of halogens is 1. The fourth-order valence-electron chi connectivity index (χ4n) is 2.52. The van der Waals surface area contributed by atoms with Crippen LogP contribution >= 0.6 is 11.6 Å². The van der Waals surface area contributed by atoms with Gasteiger partial charge in [0, 0.05) is 24.4 Å². The van der Waals surface area contributed by atoms with Crippen LogP contribution in [0.4, 0.5) is 5.69 Å². The van der Waals surface area contributed by atoms with Crippen LogP contribution in [0.25, 0.3) is 0 Å². The lowest BCUT2D eigenvalue weighted by Gasteiger charge is -2.30. The molecule has 1 fully saturated rings. The SMILES string of the molecule is CCCC1CC(Nc2ccc(Cl)c(OC)c2)CCO1. The van der Waals surface area contributed by atoms with E-state index in [1.807, 2.05) is 18.2 Å². The van der Waals surface area contributed by atoms with Crippen molar-refractivity contribution < 1.29 is 9.47 Å². The van der Waals surface area contributed by atoms with Gasteiger partial charge in [-0.2, -0.15) is 0 Å². The standard InChI is InChI=1S/C15H22ClNO2/c1-3-4-13-9-12(7-8-19-13)17-11-5-6-14(16)15(10-11)18-2/h5-6,10,12-13,17H,3-4,7-9H2,1-2H3. The molecular formula is C15H22ClNO2. The first-order chi connectivity index (χ1) is 9.22. The van der Waals surface area contributed by atoms with Crippen LogP contribution in [0.2, 0.25) is 5.02 Å². The highest BCUT2D eigenvalue weighted by Crippen LogP contribution is 2.29. The molecule has 1 aromatic rings. The maximum atomic E-state index is 6.03. The lowest BCUT2D eigenvalue weighted by molar-refractivity contribution is 0.00598. The highest BCUT2D eigenvalue weighted by molar-refractivity contribution is 6.32. The van der Waals surface area contributed by atoms with Crippen molar-refractivity contribution in [3.05, 3.63) is 23.2 Å². The normalized spacial score (nSPS) is 23.1. The molecular weight excluding hydrogens is 262 g/mol. The molecule has 19 heavy (non-hydrogen) atoms. The molecule has 3 nitrogen and oxygen atoms in total. The number of nitrogens with one attached hydrogen (secondary N) is 1. The van der Waals surface area contributed by atoms with E-state index in [1.165, 1.54) is 6.42 Å². The molecule has 0 radical (unpaired) electrons. The first-order valence-corrected chi connectivity index (χ1v) is 7.32. The van der Waals surface area contributed by atoms with Gasteiger partial charge in [0.15, 0.2) is 0 Å². The second-order valence-corrected chi connectivity index (χ2v) is 5.40. The molecule has 1 aliphatic rings. The summed E-state index contributed by atoms with van der Waals surface area (Å²) in [5, 5.41) is 4.20. The van der Waals surface area contributed by atoms with Crippen LogP contribution in [0.15, 0.2) is 18.2 Å². The topological polar surface area (TPSA) is 30.5 Å². The predicted octanol–water partition coefficient (Wildman–Crippen LogP) is 4.11. The lowest BCUT2D eigenvalue weighted by atomic mass is 10.00. The summed E-state index contributed by atoms with van der Waals surface area (Å²) < 4.78 is 11.0. The Morgan fingerprint density at radius 3 is 3.05 bits per heavy atom. The van der Waals surface area contributed by atoms with E-state index in [4.69, 9.17) is 21.1 Å². The van der Waals surface area contributed by atoms with Crippen LogP contribution in [-0.2, 0) is 4.74 Å². The van der Waals surface area contributed by atoms with Gasteiger partial charge in [-0.25, -0.2) is 0 Å². The number of hydrogen-bond acceptors (Lipinski definition) is 3. The van der Waals surface area contributed by atoms with Crippen LogP contribution in [0.1, 0.15) is 32.6 Å². The minimum atomic E-state index is 0.394. The third kappa shape index (κ3) is 4.02. The monoisotopic (exact) mass is 283 g/mol. The van der Waals surface area contributed by atoms with Gasteiger partial charge in [0.25, 0.3) is 0 Å². The van der Waals surface area contributed by atoms with Crippen molar-refractivity contribution in [3.63, 3.8) is 0 Å². The summed E-state index contributed by atoms with van der Waals surface area (Å²) >= 11 is 6.03. The fraction of sp³-hybridized carbons (Fsp3) is 0.600. The average Bonchev–Trinajstić information content (AvgIpc) is 2.42. The zero-order valence-electron chi connectivity index (χ0n) is 11.6. The third-order valence-electron chi connectivity index (χ3n) is 3.50. The molecule has 1 heterocycles. The largest absolute Gasteiger partial charge is 0.495 e. The van der Waals surface area contributed by atoms with Crippen LogP contribution in [0, 0.1) is 0 Å². The Balaban J connectivity index is 1.96. The molecule has 2 unspecified atom stereocenters. The summed E-state index contributed by atoms with van der Waals surface area (Å²) in [4.78, 5) is 0. The summed E-state index contributed by atoms with van der Waals surface area (Å²) in [6.07, 6.45) is 4.82. The number of rotatable bonds is 5. The fourth-order valence-corrected chi connectivity index (χ4v) is 2.71. The molecule has 0 aliphatic carbocycles. The van der Waals surface area contributed by atoms with E-state index in [0.717, 1.165) is 31.6 Å². The van der Waals surface area contributed by atoms with Crippen LogP contribution < -0.4 is 10.1 Å². The summed E-state index contributed by atoms with van der Waals surface area (Å²) in [7, 11) is 1.64. The van der Waals surface area contributed by atoms with Crippen molar-refractivity contribution in [2.24, 2.45) is 0 Å². The Bertz CT molecular complexity index is 409. The average molecular weight is 284 g/mol. The van der Waals surface area contributed by atoms with Crippen LogP contribution in [0.3, 0.4) is 0 Å². The Hall–Kier alpha value is -0.930. The van der Waals surface area contributed by atoms with E-state index < -0.39 is 0 Å². The van der Waals surface area contributed by atoms with E-state index >= 15 is 0 Å². The van der Waals surface area contributed by atoms with E-state index in [0.29, 0.717) is 22.9 Å². The van der Waals surface area contributed by atoms with Gasteiger partial charge in [0.1, 0.15) is 5.75 Å². The maximum absolute atomic E-state index is 6.03. The van der Waals surface area contributed by atoms with Crippen molar-refractivity contribution >= 4 is 17.3 Å². The number of ether oxygens (including phenoxy) is 2. The first kappa shape index (κ1) is 14.5. The number of methoxy groups -OCH3 is 1. The van der Waals surface area contributed by atoms with Gasteiger partial charge in [-0.15, -0.1) is 0 Å². The predicted molar refractivity (Wildman–Crippen MR) is 79.3 cm³/mol. The Morgan fingerprint density at radius 2 is 2.32 bits per heavy atom. The highest BCUT2D eigenvalue weighted by atomic mass is 35.5. The molecule has 0 spiro atoms. The number of benzene rings is 1. The zero-order valence-corrected chi connectivity index (χ0v) is 12.4. The summed E-state index contributed by atoms with van der Waals surface area (Å²) in [5.41, 5.74) is 1.06. The summed E-state index contributed by atoms with van der Waals surface area (Å²) in [5.74, 6) is 0.712. The second-order valence-electron chi connectivity index (χ2n) is 5.00. The molecule has 1 N–H and O–H groups in total. The molecule has 0 amide bonds. The molecule has 0 bridgehead atoms. The molecule has 1 aliphatic heterocycles. The van der Waals surface area contributed by atoms with Gasteiger partial charge < -0.3 is 14.8 Å². The minimum absolute atomic E-state index is 0.394. The van der Waals surface area contributed by atoms with Crippen LogP contribution in [0.5, 0.6) is 5.75 Å². The van der Waals surface area contributed by atoms with Crippen molar-refractivity contribution in [3.8, 4) is 5.75 Å². The maximum Gasteiger partial charge on any atom is 0.139 e. The van der Waals surface area contributed by atoms with Crippen molar-refractivity contribution in [1.82, 2.24) is 0 Å². The van der Waals surface area contributed by atoms with Gasteiger partial charge in [-0.1, -0.05) is 24.9 Å². The van der Waals surface area contributed by atoms with E-state index in [2.05, 4.69) is 12.2 Å². The molecule has 2 atom stereocenters. The van der Waals surface area contributed by atoms with Gasteiger partial charge in [-0.05, 0) is 31.4 Å². The third-order valence-corrected chi connectivity index (χ3v) is 3.81. The second kappa shape index (κ2) is 7.01. The Kier molecular flexibility index (Phi) is 5.34. The van der Waals surface area contributed by atoms with Crippen LogP contribution in [-0.4, -0.2) is 25.9 Å². The lowest BCUT2D eigenvalue weighted by Crippen LogP contribution is -2.33. The van der Waals surface area contributed by atoms with E-state index in [-0.39, 0.29) is 0 Å². The van der Waals surface area contributed by atoms with Gasteiger partial charge in [0.05, 0.1) is 18.2 Å². The van der Waals surface area contributed by atoms with Gasteiger partial charge in [0.2, 0.25) is 0 Å². The molecule has 0 saturated carbocycles. The van der Waals surface area contributed by atoms with E-state index in [9.17, 15) is 0 Å². The number of hydrogen-bond donors (Lipinski definition) is 1.